The molecule has 1 amide bonds. The number of esters is 1. The summed E-state index contributed by atoms with van der Waals surface area (Å²) in [5.41, 5.74) is -0.524. The van der Waals surface area contributed by atoms with Crippen molar-refractivity contribution in [2.75, 3.05) is 7.11 Å². The zero-order valence-corrected chi connectivity index (χ0v) is 10.9. The van der Waals surface area contributed by atoms with Gasteiger partial charge >= 0.3 is 12.1 Å². The summed E-state index contributed by atoms with van der Waals surface area (Å²) < 4.78 is 9.87. The monoisotopic (exact) mass is 243 g/mol. The van der Waals surface area contributed by atoms with E-state index in [2.05, 4.69) is 5.32 Å². The van der Waals surface area contributed by atoms with E-state index in [-0.39, 0.29) is 17.9 Å². The van der Waals surface area contributed by atoms with E-state index in [1.807, 2.05) is 0 Å². The van der Waals surface area contributed by atoms with E-state index in [0.29, 0.717) is 0 Å². The third kappa shape index (κ3) is 4.24. The highest BCUT2D eigenvalue weighted by Gasteiger charge is 2.35. The molecule has 0 aromatic carbocycles. The average molecular weight is 243 g/mol. The lowest BCUT2D eigenvalue weighted by Gasteiger charge is -2.23. The summed E-state index contributed by atoms with van der Waals surface area (Å²) in [5.74, 6) is -0.504. The summed E-state index contributed by atoms with van der Waals surface area (Å²) in [4.78, 5) is 23.1. The van der Waals surface area contributed by atoms with E-state index < -0.39 is 11.7 Å². The van der Waals surface area contributed by atoms with Crippen molar-refractivity contribution in [1.29, 1.82) is 0 Å². The quantitative estimate of drug-likeness (QED) is 0.752. The standard InChI is InChI=1S/C12H21NO4/c1-12(2,3)17-11(15)13-9-7-5-6-8(9)10(14)16-4/h8-9H,5-7H2,1-4H3,(H,13,15)/t8?,9-/m1/s1. The van der Waals surface area contributed by atoms with E-state index >= 15 is 0 Å². The minimum Gasteiger partial charge on any atom is -0.469 e. The molecule has 98 valence electrons. The van der Waals surface area contributed by atoms with Crippen LogP contribution in [0.5, 0.6) is 0 Å². The van der Waals surface area contributed by atoms with Crippen molar-refractivity contribution in [2.45, 2.75) is 51.7 Å². The Balaban J connectivity index is 2.50. The second-order valence-corrected chi connectivity index (χ2v) is 5.31. The molecule has 0 spiro atoms. The SMILES string of the molecule is COC(=O)C1CCC[C@H]1NC(=O)OC(C)(C)C. The molecule has 5 heteroatoms. The summed E-state index contributed by atoms with van der Waals surface area (Å²) in [5, 5.41) is 2.74. The van der Waals surface area contributed by atoms with Crippen LogP contribution in [0, 0.1) is 5.92 Å². The molecular weight excluding hydrogens is 222 g/mol. The van der Waals surface area contributed by atoms with Gasteiger partial charge in [0.05, 0.1) is 13.0 Å². The van der Waals surface area contributed by atoms with E-state index in [0.717, 1.165) is 19.3 Å². The minimum atomic E-state index is -0.524. The second kappa shape index (κ2) is 5.38. The van der Waals surface area contributed by atoms with Crippen LogP contribution >= 0.6 is 0 Å². The molecule has 0 aromatic rings. The molecule has 1 saturated carbocycles. The highest BCUT2D eigenvalue weighted by atomic mass is 16.6. The third-order valence-corrected chi connectivity index (χ3v) is 2.72. The number of hydrogen-bond acceptors (Lipinski definition) is 4. The average Bonchev–Trinajstić information content (AvgIpc) is 2.61. The zero-order valence-electron chi connectivity index (χ0n) is 10.9. The Hall–Kier alpha value is -1.26. The van der Waals surface area contributed by atoms with Gasteiger partial charge in [0.2, 0.25) is 0 Å². The minimum absolute atomic E-state index is 0.169. The molecule has 1 fully saturated rings. The first-order valence-electron chi connectivity index (χ1n) is 5.91. The Morgan fingerprint density at radius 2 is 1.88 bits per heavy atom. The molecular formula is C12H21NO4. The molecule has 0 bridgehead atoms. The fourth-order valence-corrected chi connectivity index (χ4v) is 2.03. The predicted molar refractivity (Wildman–Crippen MR) is 62.5 cm³/mol. The molecule has 2 atom stereocenters. The van der Waals surface area contributed by atoms with Gasteiger partial charge < -0.3 is 14.8 Å². The third-order valence-electron chi connectivity index (χ3n) is 2.72. The second-order valence-electron chi connectivity index (χ2n) is 5.31. The summed E-state index contributed by atoms with van der Waals surface area (Å²) in [7, 11) is 1.37. The maximum Gasteiger partial charge on any atom is 0.407 e. The molecule has 1 rings (SSSR count). The van der Waals surface area contributed by atoms with Gasteiger partial charge in [0, 0.05) is 6.04 Å². The molecule has 1 N–H and O–H groups in total. The van der Waals surface area contributed by atoms with Crippen LogP contribution in [0.2, 0.25) is 0 Å². The van der Waals surface area contributed by atoms with E-state index in [1.54, 1.807) is 20.8 Å². The molecule has 5 nitrogen and oxygen atoms in total. The summed E-state index contributed by atoms with van der Waals surface area (Å²) in [6, 6.07) is -0.169. The van der Waals surface area contributed by atoms with Gasteiger partial charge in [-0.3, -0.25) is 4.79 Å². The smallest absolute Gasteiger partial charge is 0.407 e. The van der Waals surface area contributed by atoms with Crippen LogP contribution in [0.4, 0.5) is 4.79 Å². The Bertz CT molecular complexity index is 295. The van der Waals surface area contributed by atoms with Crippen molar-refractivity contribution in [1.82, 2.24) is 5.32 Å². The molecule has 0 heterocycles. The number of carbonyl (C=O) groups excluding carboxylic acids is 2. The van der Waals surface area contributed by atoms with Crippen LogP contribution < -0.4 is 5.32 Å². The number of carbonyl (C=O) groups is 2. The van der Waals surface area contributed by atoms with Crippen molar-refractivity contribution >= 4 is 12.1 Å². The normalized spacial score (nSPS) is 24.2. The zero-order chi connectivity index (χ0) is 13.1. The summed E-state index contributed by atoms with van der Waals surface area (Å²) >= 11 is 0. The van der Waals surface area contributed by atoms with Gasteiger partial charge in [-0.05, 0) is 33.6 Å². The highest BCUT2D eigenvalue weighted by molar-refractivity contribution is 5.75. The molecule has 1 aliphatic carbocycles. The molecule has 1 unspecified atom stereocenters. The van der Waals surface area contributed by atoms with Gasteiger partial charge in [0.25, 0.3) is 0 Å². The molecule has 0 saturated heterocycles. The van der Waals surface area contributed by atoms with Crippen LogP contribution in [0.1, 0.15) is 40.0 Å². The Kier molecular flexibility index (Phi) is 4.37. The van der Waals surface area contributed by atoms with Crippen molar-refractivity contribution in [3.8, 4) is 0 Å². The van der Waals surface area contributed by atoms with Gasteiger partial charge in [-0.2, -0.15) is 0 Å². The Morgan fingerprint density at radius 1 is 1.24 bits per heavy atom. The number of ether oxygens (including phenoxy) is 2. The fraction of sp³-hybridized carbons (Fsp3) is 0.833. The van der Waals surface area contributed by atoms with Crippen LogP contribution in [0.3, 0.4) is 0 Å². The van der Waals surface area contributed by atoms with Crippen LogP contribution in [0.25, 0.3) is 0 Å². The summed E-state index contributed by atoms with van der Waals surface area (Å²) in [6.07, 6.45) is 1.99. The number of nitrogens with one attached hydrogen (secondary N) is 1. The first-order chi connectivity index (χ1) is 7.83. The van der Waals surface area contributed by atoms with Crippen LogP contribution in [-0.4, -0.2) is 30.8 Å². The fourth-order valence-electron chi connectivity index (χ4n) is 2.03. The van der Waals surface area contributed by atoms with Gasteiger partial charge in [-0.25, -0.2) is 4.79 Å². The van der Waals surface area contributed by atoms with Crippen molar-refractivity contribution in [3.05, 3.63) is 0 Å². The predicted octanol–water partition coefficient (Wildman–Crippen LogP) is 1.85. The van der Waals surface area contributed by atoms with E-state index in [1.165, 1.54) is 7.11 Å². The summed E-state index contributed by atoms with van der Waals surface area (Å²) in [6.45, 7) is 5.41. The number of hydrogen-bond donors (Lipinski definition) is 1. The first-order valence-corrected chi connectivity index (χ1v) is 5.91. The maximum absolute atomic E-state index is 11.6. The molecule has 0 radical (unpaired) electrons. The van der Waals surface area contributed by atoms with Crippen molar-refractivity contribution in [3.63, 3.8) is 0 Å². The molecule has 0 aliphatic heterocycles. The lowest BCUT2D eigenvalue weighted by Crippen LogP contribution is -2.43. The van der Waals surface area contributed by atoms with Crippen LogP contribution in [-0.2, 0) is 14.3 Å². The van der Waals surface area contributed by atoms with Crippen LogP contribution in [0.15, 0.2) is 0 Å². The van der Waals surface area contributed by atoms with E-state index in [9.17, 15) is 9.59 Å². The molecule has 1 aliphatic rings. The Labute approximate surface area is 102 Å². The number of rotatable bonds is 2. The number of methoxy groups -OCH3 is 1. The highest BCUT2D eigenvalue weighted by Crippen LogP contribution is 2.27. The van der Waals surface area contributed by atoms with Crippen molar-refractivity contribution < 1.29 is 19.1 Å². The first kappa shape index (κ1) is 13.8. The maximum atomic E-state index is 11.6. The molecule has 17 heavy (non-hydrogen) atoms. The van der Waals surface area contributed by atoms with Gasteiger partial charge in [0.15, 0.2) is 0 Å². The lowest BCUT2D eigenvalue weighted by atomic mass is 10.0. The van der Waals surface area contributed by atoms with Gasteiger partial charge in [-0.1, -0.05) is 6.42 Å². The van der Waals surface area contributed by atoms with Crippen molar-refractivity contribution in [2.24, 2.45) is 5.92 Å². The van der Waals surface area contributed by atoms with Gasteiger partial charge in [-0.15, -0.1) is 0 Å². The van der Waals surface area contributed by atoms with Gasteiger partial charge in [0.1, 0.15) is 5.60 Å². The molecule has 0 aromatic heterocycles. The number of alkyl carbamates (subject to hydrolysis) is 1. The topological polar surface area (TPSA) is 64.6 Å². The lowest BCUT2D eigenvalue weighted by molar-refractivity contribution is -0.145. The largest absolute Gasteiger partial charge is 0.469 e. The Morgan fingerprint density at radius 3 is 2.41 bits per heavy atom. The van der Waals surface area contributed by atoms with E-state index in [4.69, 9.17) is 9.47 Å². The number of amides is 1.